The molecule has 9 heteroatoms. The summed E-state index contributed by atoms with van der Waals surface area (Å²) in [5.41, 5.74) is 1.83. The second-order valence-corrected chi connectivity index (χ2v) is 8.67. The Kier molecular flexibility index (Phi) is 11.4. The number of hydrogen-bond acceptors (Lipinski definition) is 5. The quantitative estimate of drug-likeness (QED) is 0.218. The summed E-state index contributed by atoms with van der Waals surface area (Å²) in [6, 6.07) is 14.0. The van der Waals surface area contributed by atoms with Crippen LogP contribution in [-0.4, -0.2) is 35.0 Å². The number of allylic oxidation sites excluding steroid dienone is 2. The summed E-state index contributed by atoms with van der Waals surface area (Å²) in [5.74, 6) is 1.12. The third kappa shape index (κ3) is 8.70. The van der Waals surface area contributed by atoms with Crippen LogP contribution in [0.15, 0.2) is 88.8 Å². The summed E-state index contributed by atoms with van der Waals surface area (Å²) in [6.45, 7) is 9.43. The first-order chi connectivity index (χ1) is 15.5. The summed E-state index contributed by atoms with van der Waals surface area (Å²) >= 11 is 8.66. The molecule has 3 N–H and O–H groups in total. The molecule has 32 heavy (non-hydrogen) atoms. The van der Waals surface area contributed by atoms with E-state index in [2.05, 4.69) is 23.0 Å². The van der Waals surface area contributed by atoms with Crippen LogP contribution < -0.4 is 9.86 Å². The molecule has 2 aromatic rings. The average Bonchev–Trinajstić information content (AvgIpc) is 3.29. The summed E-state index contributed by atoms with van der Waals surface area (Å²) < 4.78 is 16.5. The molecule has 3 rings (SSSR count). The van der Waals surface area contributed by atoms with Crippen molar-refractivity contribution in [2.24, 2.45) is 15.2 Å². The molecule has 0 fully saturated rings. The molecule has 0 amide bonds. The van der Waals surface area contributed by atoms with Gasteiger partial charge in [0.2, 0.25) is 5.96 Å². The molecule has 5 nitrogen and oxygen atoms in total. The molecule has 0 bridgehead atoms. The standard InChI is InChI=1S/C19H21ClFN5S2.C4H6/c1-13(12-27-22)23-19(25-28-17-8-4-15(20)5-9-17)26-11-10-18(24-26)14-2-6-16(21)7-3-14;1-3-4-2/h2-9,13H,10-12,22H2,1H3,(H,23,25);3-4H,1-2H2/t13-;/m0./s1. The number of hydrazone groups is 1. The van der Waals surface area contributed by atoms with Crippen LogP contribution in [0, 0.1) is 5.82 Å². The molecule has 0 aliphatic carbocycles. The second-order valence-electron chi connectivity index (χ2n) is 6.69. The highest BCUT2D eigenvalue weighted by molar-refractivity contribution is 7.98. The zero-order valence-electron chi connectivity index (χ0n) is 17.9. The zero-order valence-corrected chi connectivity index (χ0v) is 20.3. The molecule has 0 spiro atoms. The number of benzene rings is 2. The van der Waals surface area contributed by atoms with Crippen LogP contribution in [-0.2, 0) is 0 Å². The van der Waals surface area contributed by atoms with Crippen molar-refractivity contribution in [2.75, 3.05) is 12.3 Å². The van der Waals surface area contributed by atoms with Gasteiger partial charge in [0.25, 0.3) is 0 Å². The monoisotopic (exact) mass is 491 g/mol. The van der Waals surface area contributed by atoms with Crippen molar-refractivity contribution >= 4 is 47.2 Å². The SMILES string of the molecule is C=CC=C.C[C@@H](CSN)N=C(NSc1ccc(Cl)cc1)N1CCC(c2ccc(F)cc2)=N1. The van der Waals surface area contributed by atoms with Crippen LogP contribution >= 0.6 is 35.5 Å². The van der Waals surface area contributed by atoms with E-state index in [1.165, 1.54) is 36.0 Å². The zero-order chi connectivity index (χ0) is 23.3. The average molecular weight is 492 g/mol. The Morgan fingerprint density at radius 3 is 2.50 bits per heavy atom. The molecule has 170 valence electrons. The third-order valence-electron chi connectivity index (χ3n) is 4.14. The smallest absolute Gasteiger partial charge is 0.225 e. The maximum Gasteiger partial charge on any atom is 0.225 e. The normalized spacial score (nSPS) is 14.2. The van der Waals surface area contributed by atoms with Crippen LogP contribution in [0.2, 0.25) is 5.02 Å². The highest BCUT2D eigenvalue weighted by Crippen LogP contribution is 2.20. The Morgan fingerprint density at radius 2 is 1.91 bits per heavy atom. The van der Waals surface area contributed by atoms with Gasteiger partial charge in [-0.3, -0.25) is 9.86 Å². The van der Waals surface area contributed by atoms with Gasteiger partial charge in [-0.25, -0.2) is 14.4 Å². The van der Waals surface area contributed by atoms with Gasteiger partial charge in [-0.1, -0.05) is 61.0 Å². The van der Waals surface area contributed by atoms with Gasteiger partial charge in [-0.05, 0) is 60.8 Å². The molecule has 0 saturated carbocycles. The molecule has 0 radical (unpaired) electrons. The first kappa shape index (κ1) is 26.0. The molecule has 1 heterocycles. The Bertz CT molecular complexity index is 926. The van der Waals surface area contributed by atoms with Gasteiger partial charge in [-0.15, -0.1) is 0 Å². The largest absolute Gasteiger partial charge is 0.295 e. The first-order valence-electron chi connectivity index (χ1n) is 9.89. The highest BCUT2D eigenvalue weighted by atomic mass is 35.5. The molecule has 1 aliphatic rings. The lowest BCUT2D eigenvalue weighted by Gasteiger charge is -2.19. The van der Waals surface area contributed by atoms with E-state index in [1.54, 1.807) is 24.3 Å². The van der Waals surface area contributed by atoms with Crippen molar-refractivity contribution in [3.63, 3.8) is 0 Å². The molecule has 1 atom stereocenters. The fourth-order valence-electron chi connectivity index (χ4n) is 2.59. The number of aliphatic imine (C=N–C) groups is 1. The van der Waals surface area contributed by atoms with Gasteiger partial charge in [0.1, 0.15) is 5.82 Å². The number of halogens is 2. The van der Waals surface area contributed by atoms with Crippen molar-refractivity contribution in [1.29, 1.82) is 0 Å². The van der Waals surface area contributed by atoms with Crippen LogP contribution in [0.1, 0.15) is 18.9 Å². The minimum Gasteiger partial charge on any atom is -0.295 e. The Hall–Kier alpha value is -2.26. The van der Waals surface area contributed by atoms with Gasteiger partial charge < -0.3 is 0 Å². The van der Waals surface area contributed by atoms with E-state index in [0.717, 1.165) is 22.6 Å². The van der Waals surface area contributed by atoms with E-state index in [0.29, 0.717) is 23.3 Å². The van der Waals surface area contributed by atoms with Gasteiger partial charge in [0.05, 0.1) is 18.3 Å². The maximum absolute atomic E-state index is 13.2. The van der Waals surface area contributed by atoms with Crippen LogP contribution in [0.3, 0.4) is 0 Å². The van der Waals surface area contributed by atoms with E-state index >= 15 is 0 Å². The topological polar surface area (TPSA) is 66.0 Å². The lowest BCUT2D eigenvalue weighted by Crippen LogP contribution is -2.34. The van der Waals surface area contributed by atoms with Gasteiger partial charge in [-0.2, -0.15) is 5.10 Å². The minimum atomic E-state index is -0.254. The van der Waals surface area contributed by atoms with Crippen molar-refractivity contribution in [3.05, 3.63) is 90.2 Å². The molecular weight excluding hydrogens is 465 g/mol. The minimum absolute atomic E-state index is 0.0355. The lowest BCUT2D eigenvalue weighted by molar-refractivity contribution is 0.476. The van der Waals surface area contributed by atoms with Crippen LogP contribution in [0.4, 0.5) is 4.39 Å². The van der Waals surface area contributed by atoms with E-state index in [1.807, 2.05) is 36.2 Å². The number of nitrogens with one attached hydrogen (secondary N) is 1. The van der Waals surface area contributed by atoms with Gasteiger partial charge >= 0.3 is 0 Å². The lowest BCUT2D eigenvalue weighted by atomic mass is 10.1. The molecule has 0 unspecified atom stereocenters. The summed E-state index contributed by atoms with van der Waals surface area (Å²) in [7, 11) is 0. The van der Waals surface area contributed by atoms with Crippen molar-refractivity contribution in [1.82, 2.24) is 9.73 Å². The van der Waals surface area contributed by atoms with E-state index in [4.69, 9.17) is 21.7 Å². The van der Waals surface area contributed by atoms with Crippen LogP contribution in [0.25, 0.3) is 0 Å². The summed E-state index contributed by atoms with van der Waals surface area (Å²) in [4.78, 5) is 5.75. The molecule has 1 aliphatic heterocycles. The number of guanidine groups is 1. The molecule has 0 saturated heterocycles. The third-order valence-corrected chi connectivity index (χ3v) is 5.86. The predicted molar refractivity (Wildman–Crippen MR) is 139 cm³/mol. The second kappa shape index (κ2) is 14.0. The molecule has 0 aromatic heterocycles. The van der Waals surface area contributed by atoms with E-state index in [9.17, 15) is 4.39 Å². The fourth-order valence-corrected chi connectivity index (χ4v) is 3.71. The van der Waals surface area contributed by atoms with Crippen molar-refractivity contribution in [3.8, 4) is 0 Å². The summed E-state index contributed by atoms with van der Waals surface area (Å²) in [6.07, 6.45) is 4.04. The number of rotatable bonds is 7. The van der Waals surface area contributed by atoms with Gasteiger partial charge in [0, 0.05) is 22.1 Å². The fraction of sp³-hybridized carbons (Fsp3) is 0.217. The van der Waals surface area contributed by atoms with E-state index < -0.39 is 0 Å². The number of hydrogen-bond donors (Lipinski definition) is 2. The summed E-state index contributed by atoms with van der Waals surface area (Å²) in [5, 5.41) is 12.8. The molecular formula is C23H27ClFN5S2. The Morgan fingerprint density at radius 1 is 1.25 bits per heavy atom. The van der Waals surface area contributed by atoms with Crippen LogP contribution in [0.5, 0.6) is 0 Å². The number of nitrogens with zero attached hydrogens (tertiary/aromatic N) is 3. The molecule has 2 aromatic carbocycles. The highest BCUT2D eigenvalue weighted by Gasteiger charge is 2.21. The Balaban J connectivity index is 0.000000837. The van der Waals surface area contributed by atoms with Gasteiger partial charge in [0.15, 0.2) is 0 Å². The van der Waals surface area contributed by atoms with Crippen molar-refractivity contribution in [2.45, 2.75) is 24.3 Å². The van der Waals surface area contributed by atoms with Crippen molar-refractivity contribution < 1.29 is 4.39 Å². The van der Waals surface area contributed by atoms with E-state index in [-0.39, 0.29) is 11.9 Å². The predicted octanol–water partition coefficient (Wildman–Crippen LogP) is 5.90. The first-order valence-corrected chi connectivity index (χ1v) is 12.1. The Labute approximate surface area is 203 Å². The maximum atomic E-state index is 13.2. The number of nitrogens with two attached hydrogens (primary N) is 1.